The van der Waals surface area contributed by atoms with Gasteiger partial charge in [-0.1, -0.05) is 31.5 Å². The Morgan fingerprint density at radius 1 is 1.31 bits per heavy atom. The predicted octanol–water partition coefficient (Wildman–Crippen LogP) is 2.88. The average Bonchev–Trinajstić information content (AvgIpc) is 2.59. The third-order valence-electron chi connectivity index (χ3n) is 2.42. The maximum atomic E-state index is 11.9. The van der Waals surface area contributed by atoms with E-state index in [1.54, 1.807) is 4.68 Å². The van der Waals surface area contributed by atoms with Crippen molar-refractivity contribution >= 4 is 15.9 Å². The molecule has 0 aliphatic heterocycles. The van der Waals surface area contributed by atoms with Crippen molar-refractivity contribution in [2.24, 2.45) is 0 Å². The smallest absolute Gasteiger partial charge is 0.285 e. The number of nitrogens with zero attached hydrogens (tertiary/aromatic N) is 1. The van der Waals surface area contributed by atoms with Gasteiger partial charge in [-0.15, -0.1) is 0 Å². The summed E-state index contributed by atoms with van der Waals surface area (Å²) in [4.78, 5) is 11.9. The molecule has 0 spiro atoms. The normalized spacial score (nSPS) is 10.6. The molecule has 4 heteroatoms. The van der Waals surface area contributed by atoms with Gasteiger partial charge < -0.3 is 0 Å². The zero-order chi connectivity index (χ0) is 11.5. The summed E-state index contributed by atoms with van der Waals surface area (Å²) in [7, 11) is 0. The van der Waals surface area contributed by atoms with Gasteiger partial charge in [0, 0.05) is 0 Å². The van der Waals surface area contributed by atoms with Crippen molar-refractivity contribution in [3.63, 3.8) is 0 Å². The van der Waals surface area contributed by atoms with Crippen LogP contribution >= 0.6 is 15.9 Å². The second kappa shape index (κ2) is 4.70. The molecule has 84 valence electrons. The molecule has 1 aromatic carbocycles. The number of aromatic amines is 1. The van der Waals surface area contributed by atoms with E-state index in [0.29, 0.717) is 4.47 Å². The Morgan fingerprint density at radius 2 is 2.00 bits per heavy atom. The highest BCUT2D eigenvalue weighted by Crippen LogP contribution is 2.14. The monoisotopic (exact) mass is 280 g/mol. The van der Waals surface area contributed by atoms with Crippen LogP contribution in [0, 0.1) is 0 Å². The number of rotatable bonds is 3. The summed E-state index contributed by atoms with van der Waals surface area (Å²) in [5, 5.41) is 3.12. The summed E-state index contributed by atoms with van der Waals surface area (Å²) < 4.78 is 2.20. The van der Waals surface area contributed by atoms with E-state index in [1.807, 2.05) is 30.3 Å². The SMILES string of the molecule is CCCc1[nH]n(-c2ccccc2)c(=O)c1Br. The molecule has 1 aromatic heterocycles. The molecule has 0 saturated carbocycles. The second-order valence-electron chi connectivity index (χ2n) is 3.63. The molecule has 1 N–H and O–H groups in total. The summed E-state index contributed by atoms with van der Waals surface area (Å²) >= 11 is 3.33. The maximum Gasteiger partial charge on any atom is 0.285 e. The summed E-state index contributed by atoms with van der Waals surface area (Å²) in [6.07, 6.45) is 1.88. The van der Waals surface area contributed by atoms with Crippen LogP contribution in [-0.2, 0) is 6.42 Å². The van der Waals surface area contributed by atoms with Crippen molar-refractivity contribution in [3.8, 4) is 5.69 Å². The second-order valence-corrected chi connectivity index (χ2v) is 4.42. The number of aryl methyl sites for hydroxylation is 1. The Hall–Kier alpha value is -1.29. The number of halogens is 1. The molecule has 0 fully saturated rings. The first kappa shape index (κ1) is 11.2. The Kier molecular flexibility index (Phi) is 3.29. The maximum absolute atomic E-state index is 11.9. The first-order valence-electron chi connectivity index (χ1n) is 5.29. The molecule has 3 nitrogen and oxygen atoms in total. The van der Waals surface area contributed by atoms with Gasteiger partial charge in [-0.3, -0.25) is 9.89 Å². The number of nitrogens with one attached hydrogen (secondary N) is 1. The lowest BCUT2D eigenvalue weighted by Gasteiger charge is -2.00. The summed E-state index contributed by atoms with van der Waals surface area (Å²) in [5.41, 5.74) is 1.78. The molecule has 2 aromatic rings. The summed E-state index contributed by atoms with van der Waals surface area (Å²) in [6.45, 7) is 2.09. The first-order valence-corrected chi connectivity index (χ1v) is 6.08. The molecule has 0 unspecified atom stereocenters. The van der Waals surface area contributed by atoms with Crippen LogP contribution in [-0.4, -0.2) is 9.78 Å². The highest BCUT2D eigenvalue weighted by Gasteiger charge is 2.11. The molecule has 1 heterocycles. The van der Waals surface area contributed by atoms with E-state index in [-0.39, 0.29) is 5.56 Å². The average molecular weight is 281 g/mol. The van der Waals surface area contributed by atoms with Crippen LogP contribution in [0.3, 0.4) is 0 Å². The van der Waals surface area contributed by atoms with Crippen LogP contribution in [0.5, 0.6) is 0 Å². The lowest BCUT2D eigenvalue weighted by atomic mass is 10.3. The number of benzene rings is 1. The van der Waals surface area contributed by atoms with Crippen LogP contribution in [0.25, 0.3) is 5.69 Å². The molecule has 16 heavy (non-hydrogen) atoms. The molecular weight excluding hydrogens is 268 g/mol. The lowest BCUT2D eigenvalue weighted by molar-refractivity contribution is 0.793. The van der Waals surface area contributed by atoms with E-state index in [0.717, 1.165) is 24.2 Å². The van der Waals surface area contributed by atoms with Crippen molar-refractivity contribution in [2.45, 2.75) is 19.8 Å². The minimum Gasteiger partial charge on any atom is -0.294 e. The van der Waals surface area contributed by atoms with E-state index in [1.165, 1.54) is 0 Å². The molecule has 0 radical (unpaired) electrons. The van der Waals surface area contributed by atoms with E-state index in [4.69, 9.17) is 0 Å². The fourth-order valence-corrected chi connectivity index (χ4v) is 2.10. The molecule has 0 bridgehead atoms. The highest BCUT2D eigenvalue weighted by molar-refractivity contribution is 9.10. The van der Waals surface area contributed by atoms with Crippen LogP contribution in [0.2, 0.25) is 0 Å². The predicted molar refractivity (Wildman–Crippen MR) is 68.1 cm³/mol. The molecule has 0 atom stereocenters. The quantitative estimate of drug-likeness (QED) is 0.923. The summed E-state index contributed by atoms with van der Waals surface area (Å²) in [6, 6.07) is 9.56. The first-order chi connectivity index (χ1) is 7.74. The van der Waals surface area contributed by atoms with Crippen molar-refractivity contribution in [1.29, 1.82) is 0 Å². The minimum absolute atomic E-state index is 0.0327. The molecular formula is C12H13BrN2O. The van der Waals surface area contributed by atoms with E-state index >= 15 is 0 Å². The van der Waals surface area contributed by atoms with Crippen molar-refractivity contribution in [2.75, 3.05) is 0 Å². The zero-order valence-corrected chi connectivity index (χ0v) is 10.6. The Morgan fingerprint density at radius 3 is 2.62 bits per heavy atom. The molecule has 2 rings (SSSR count). The van der Waals surface area contributed by atoms with Gasteiger partial charge in [0.05, 0.1) is 11.4 Å². The number of hydrogen-bond donors (Lipinski definition) is 1. The van der Waals surface area contributed by atoms with Crippen LogP contribution in [0.4, 0.5) is 0 Å². The van der Waals surface area contributed by atoms with Crippen molar-refractivity contribution < 1.29 is 0 Å². The zero-order valence-electron chi connectivity index (χ0n) is 9.03. The standard InChI is InChI=1S/C12H13BrN2O/c1-2-6-10-11(13)12(16)15(14-10)9-7-4-3-5-8-9/h3-5,7-8,14H,2,6H2,1H3. The number of H-pyrrole nitrogens is 1. The topological polar surface area (TPSA) is 37.8 Å². The largest absolute Gasteiger partial charge is 0.294 e. The van der Waals surface area contributed by atoms with Gasteiger partial charge in [-0.2, -0.15) is 0 Å². The van der Waals surface area contributed by atoms with E-state index in [2.05, 4.69) is 28.0 Å². The van der Waals surface area contributed by atoms with Gasteiger partial charge in [-0.05, 0) is 34.5 Å². The molecule has 0 amide bonds. The van der Waals surface area contributed by atoms with Crippen molar-refractivity contribution in [3.05, 3.63) is 50.9 Å². The van der Waals surface area contributed by atoms with Gasteiger partial charge in [0.15, 0.2) is 0 Å². The Bertz CT molecular complexity index is 528. The highest BCUT2D eigenvalue weighted by atomic mass is 79.9. The number of para-hydroxylation sites is 1. The number of aromatic nitrogens is 2. The van der Waals surface area contributed by atoms with Gasteiger partial charge in [0.25, 0.3) is 5.56 Å². The van der Waals surface area contributed by atoms with Crippen molar-refractivity contribution in [1.82, 2.24) is 9.78 Å². The molecule has 0 saturated heterocycles. The van der Waals surface area contributed by atoms with E-state index < -0.39 is 0 Å². The van der Waals surface area contributed by atoms with E-state index in [9.17, 15) is 4.79 Å². The third kappa shape index (κ3) is 1.97. The fraction of sp³-hybridized carbons (Fsp3) is 0.250. The van der Waals surface area contributed by atoms with Gasteiger partial charge in [0.1, 0.15) is 4.47 Å². The Balaban J connectivity index is 2.51. The Labute approximate surface area is 102 Å². The van der Waals surface area contributed by atoms with Gasteiger partial charge >= 0.3 is 0 Å². The molecule has 0 aliphatic carbocycles. The number of hydrogen-bond acceptors (Lipinski definition) is 1. The van der Waals surface area contributed by atoms with Gasteiger partial charge in [-0.25, -0.2) is 4.68 Å². The lowest BCUT2D eigenvalue weighted by Crippen LogP contribution is -2.14. The van der Waals surface area contributed by atoms with Crippen LogP contribution in [0.15, 0.2) is 39.6 Å². The minimum atomic E-state index is -0.0327. The molecule has 0 aliphatic rings. The van der Waals surface area contributed by atoms with Crippen LogP contribution in [0.1, 0.15) is 19.0 Å². The van der Waals surface area contributed by atoms with Gasteiger partial charge in [0.2, 0.25) is 0 Å². The summed E-state index contributed by atoms with van der Waals surface area (Å²) in [5.74, 6) is 0. The third-order valence-corrected chi connectivity index (χ3v) is 3.23. The van der Waals surface area contributed by atoms with Crippen LogP contribution < -0.4 is 5.56 Å². The fourth-order valence-electron chi connectivity index (χ4n) is 1.64.